The predicted octanol–water partition coefficient (Wildman–Crippen LogP) is 1.61. The molecule has 0 fully saturated rings. The molecule has 1 aromatic rings. The van der Waals surface area contributed by atoms with Gasteiger partial charge in [0, 0.05) is 16.9 Å². The van der Waals surface area contributed by atoms with E-state index in [-0.39, 0.29) is 5.03 Å². The predicted molar refractivity (Wildman–Crippen MR) is 50.0 cm³/mol. The smallest absolute Gasteiger partial charge is 0.243 e. The molecule has 0 aliphatic rings. The minimum absolute atomic E-state index is 0.0812. The normalized spacial score (nSPS) is 11.5. The van der Waals surface area contributed by atoms with Crippen LogP contribution in [0.15, 0.2) is 23.4 Å². The lowest BCUT2D eigenvalue weighted by atomic mass is 10.5. The van der Waals surface area contributed by atoms with Crippen LogP contribution in [0.1, 0.15) is 0 Å². The van der Waals surface area contributed by atoms with Gasteiger partial charge in [-0.05, 0) is 34.7 Å². The fourth-order valence-electron chi connectivity index (χ4n) is 0.551. The largest absolute Gasteiger partial charge is 0.279 e. The lowest BCUT2D eigenvalue weighted by molar-refractivity contribution is 0.605. The Balaban J connectivity index is 3.37. The summed E-state index contributed by atoms with van der Waals surface area (Å²) < 4.78 is 22.0. The third-order valence-electron chi connectivity index (χ3n) is 0.956. The molecule has 3 nitrogen and oxygen atoms in total. The molecule has 0 N–H and O–H groups in total. The van der Waals surface area contributed by atoms with E-state index in [0.29, 0.717) is 3.57 Å². The van der Waals surface area contributed by atoms with Crippen LogP contribution in [0.5, 0.6) is 0 Å². The zero-order chi connectivity index (χ0) is 8.48. The van der Waals surface area contributed by atoms with Crippen molar-refractivity contribution in [3.63, 3.8) is 0 Å². The van der Waals surface area contributed by atoms with Crippen molar-refractivity contribution >= 4 is 42.3 Å². The van der Waals surface area contributed by atoms with E-state index in [1.807, 2.05) is 22.6 Å². The van der Waals surface area contributed by atoms with Crippen molar-refractivity contribution in [3.8, 4) is 0 Å². The van der Waals surface area contributed by atoms with Crippen LogP contribution in [0.2, 0.25) is 0 Å². The first-order chi connectivity index (χ1) is 5.02. The summed E-state index contributed by atoms with van der Waals surface area (Å²) in [5, 5.41) is -0.0812. The number of halogens is 2. The van der Waals surface area contributed by atoms with Gasteiger partial charge in [-0.3, -0.25) is 0 Å². The highest BCUT2D eigenvalue weighted by Crippen LogP contribution is 2.17. The van der Waals surface area contributed by atoms with Gasteiger partial charge in [0.15, 0.2) is 5.03 Å². The summed E-state index contributed by atoms with van der Waals surface area (Å²) in [7, 11) is 1.39. The van der Waals surface area contributed by atoms with Gasteiger partial charge in [-0.15, -0.1) is 0 Å². The highest BCUT2D eigenvalue weighted by Gasteiger charge is 2.14. The number of aromatic nitrogens is 1. The van der Waals surface area contributed by atoms with Crippen molar-refractivity contribution < 1.29 is 8.42 Å². The van der Waals surface area contributed by atoms with Crippen molar-refractivity contribution in [2.45, 2.75) is 5.03 Å². The summed E-state index contributed by atoms with van der Waals surface area (Å²) in [6.07, 6.45) is 1.39. The van der Waals surface area contributed by atoms with Gasteiger partial charge in [0.1, 0.15) is 0 Å². The highest BCUT2D eigenvalue weighted by molar-refractivity contribution is 14.1. The third kappa shape index (κ3) is 2.28. The summed E-state index contributed by atoms with van der Waals surface area (Å²) in [4.78, 5) is 3.62. The van der Waals surface area contributed by atoms with Gasteiger partial charge in [-0.2, -0.15) is 0 Å². The molecule has 0 aliphatic carbocycles. The maximum absolute atomic E-state index is 10.8. The van der Waals surface area contributed by atoms with Gasteiger partial charge in [-0.25, -0.2) is 13.4 Å². The van der Waals surface area contributed by atoms with E-state index >= 15 is 0 Å². The van der Waals surface area contributed by atoms with Crippen LogP contribution in [-0.4, -0.2) is 13.4 Å². The maximum Gasteiger partial charge on any atom is 0.279 e. The van der Waals surface area contributed by atoms with E-state index in [1.54, 1.807) is 12.1 Å². The Morgan fingerprint density at radius 2 is 2.18 bits per heavy atom. The van der Waals surface area contributed by atoms with E-state index in [1.165, 1.54) is 6.20 Å². The Morgan fingerprint density at radius 1 is 1.55 bits per heavy atom. The Bertz CT molecular complexity index is 365. The van der Waals surface area contributed by atoms with Crippen molar-refractivity contribution in [2.75, 3.05) is 0 Å². The second-order valence-electron chi connectivity index (χ2n) is 1.73. The highest BCUT2D eigenvalue weighted by atomic mass is 127. The molecule has 0 bridgehead atoms. The minimum Gasteiger partial charge on any atom is -0.243 e. The van der Waals surface area contributed by atoms with E-state index < -0.39 is 9.05 Å². The van der Waals surface area contributed by atoms with Gasteiger partial charge < -0.3 is 0 Å². The SMILES string of the molecule is O=S(=O)(Cl)c1ncccc1I. The number of pyridine rings is 1. The molecular formula is C5H3ClINO2S. The molecule has 11 heavy (non-hydrogen) atoms. The van der Waals surface area contributed by atoms with E-state index in [0.717, 1.165) is 0 Å². The van der Waals surface area contributed by atoms with Crippen molar-refractivity contribution in [3.05, 3.63) is 21.9 Å². The van der Waals surface area contributed by atoms with Crippen LogP contribution in [0.25, 0.3) is 0 Å². The van der Waals surface area contributed by atoms with Crippen LogP contribution in [0.3, 0.4) is 0 Å². The van der Waals surface area contributed by atoms with Gasteiger partial charge in [0.2, 0.25) is 0 Å². The molecule has 0 atom stereocenters. The average molecular weight is 304 g/mol. The lowest BCUT2D eigenvalue weighted by Crippen LogP contribution is -1.96. The fourth-order valence-corrected chi connectivity index (χ4v) is 3.01. The number of hydrogen-bond donors (Lipinski definition) is 0. The second kappa shape index (κ2) is 3.24. The standard InChI is InChI=1S/C5H3ClINO2S/c6-11(9,10)5-4(7)2-1-3-8-5/h1-3H. The lowest BCUT2D eigenvalue weighted by Gasteiger charge is -1.95. The van der Waals surface area contributed by atoms with Gasteiger partial charge >= 0.3 is 0 Å². The van der Waals surface area contributed by atoms with Crippen molar-refractivity contribution in [2.24, 2.45) is 0 Å². The van der Waals surface area contributed by atoms with E-state index in [4.69, 9.17) is 10.7 Å². The summed E-state index contributed by atoms with van der Waals surface area (Å²) >= 11 is 1.86. The molecule has 0 aromatic carbocycles. The van der Waals surface area contributed by atoms with Crippen LogP contribution < -0.4 is 0 Å². The summed E-state index contributed by atoms with van der Waals surface area (Å²) in [5.74, 6) is 0. The Labute approximate surface area is 82.3 Å². The number of hydrogen-bond acceptors (Lipinski definition) is 3. The van der Waals surface area contributed by atoms with E-state index in [2.05, 4.69) is 4.98 Å². The quantitative estimate of drug-likeness (QED) is 0.585. The molecule has 0 aliphatic heterocycles. The third-order valence-corrected chi connectivity index (χ3v) is 3.42. The van der Waals surface area contributed by atoms with Gasteiger partial charge in [0.25, 0.3) is 9.05 Å². The van der Waals surface area contributed by atoms with Gasteiger partial charge in [-0.1, -0.05) is 0 Å². The van der Waals surface area contributed by atoms with Gasteiger partial charge in [0.05, 0.1) is 3.57 Å². The van der Waals surface area contributed by atoms with Crippen molar-refractivity contribution in [1.82, 2.24) is 4.98 Å². The average Bonchev–Trinajstić information content (AvgIpc) is 1.86. The summed E-state index contributed by atoms with van der Waals surface area (Å²) in [5.41, 5.74) is 0. The fraction of sp³-hybridized carbons (Fsp3) is 0. The van der Waals surface area contributed by atoms with E-state index in [9.17, 15) is 8.42 Å². The number of nitrogens with zero attached hydrogens (tertiary/aromatic N) is 1. The first kappa shape index (κ1) is 9.21. The zero-order valence-electron chi connectivity index (χ0n) is 5.16. The molecule has 0 spiro atoms. The molecule has 0 saturated carbocycles. The first-order valence-electron chi connectivity index (χ1n) is 2.57. The molecule has 1 rings (SSSR count). The van der Waals surface area contributed by atoms with Crippen LogP contribution in [0.4, 0.5) is 0 Å². The second-order valence-corrected chi connectivity index (χ2v) is 5.37. The molecule has 6 heteroatoms. The molecule has 1 heterocycles. The number of rotatable bonds is 1. The minimum atomic E-state index is -3.68. The van der Waals surface area contributed by atoms with Crippen LogP contribution >= 0.6 is 33.3 Å². The molecule has 0 saturated heterocycles. The first-order valence-corrected chi connectivity index (χ1v) is 5.96. The monoisotopic (exact) mass is 303 g/mol. The maximum atomic E-state index is 10.8. The van der Waals surface area contributed by atoms with Crippen molar-refractivity contribution in [1.29, 1.82) is 0 Å². The van der Waals surface area contributed by atoms with Crippen LogP contribution in [-0.2, 0) is 9.05 Å². The molecule has 60 valence electrons. The Kier molecular flexibility index (Phi) is 2.71. The summed E-state index contributed by atoms with van der Waals surface area (Å²) in [6.45, 7) is 0. The molecular weight excluding hydrogens is 300 g/mol. The topological polar surface area (TPSA) is 47.0 Å². The Morgan fingerprint density at radius 3 is 2.55 bits per heavy atom. The summed E-state index contributed by atoms with van der Waals surface area (Å²) in [6, 6.07) is 3.27. The molecule has 1 aromatic heterocycles. The van der Waals surface area contributed by atoms with Crippen LogP contribution in [0, 0.1) is 3.57 Å². The molecule has 0 unspecified atom stereocenters. The molecule has 0 radical (unpaired) electrons. The molecule has 0 amide bonds. The Hall–Kier alpha value is 0.120. The zero-order valence-corrected chi connectivity index (χ0v) is 8.89.